The first-order valence-electron chi connectivity index (χ1n) is 6.33. The van der Waals surface area contributed by atoms with Gasteiger partial charge >= 0.3 is 0 Å². The lowest BCUT2D eigenvalue weighted by Crippen LogP contribution is -2.33. The molecule has 1 fully saturated rings. The Bertz CT molecular complexity index is 329. The van der Waals surface area contributed by atoms with Crippen LogP contribution in [0.3, 0.4) is 0 Å². The molecule has 1 aromatic rings. The number of nitrogens with zero attached hydrogens (tertiary/aromatic N) is 1. The van der Waals surface area contributed by atoms with Gasteiger partial charge in [-0.05, 0) is 30.5 Å². The molecule has 0 bridgehead atoms. The summed E-state index contributed by atoms with van der Waals surface area (Å²) < 4.78 is 0. The van der Waals surface area contributed by atoms with E-state index in [0.29, 0.717) is 6.54 Å². The number of anilines is 1. The highest BCUT2D eigenvalue weighted by molar-refractivity contribution is 5.48. The molecular formula is C14H22N2. The molecule has 0 amide bonds. The van der Waals surface area contributed by atoms with Crippen molar-refractivity contribution in [3.63, 3.8) is 0 Å². The predicted molar refractivity (Wildman–Crippen MR) is 69.6 cm³/mol. The highest BCUT2D eigenvalue weighted by Gasteiger charge is 2.18. The van der Waals surface area contributed by atoms with Gasteiger partial charge in [-0.3, -0.25) is 0 Å². The van der Waals surface area contributed by atoms with Gasteiger partial charge in [0, 0.05) is 25.3 Å². The van der Waals surface area contributed by atoms with Gasteiger partial charge in [0.25, 0.3) is 0 Å². The Morgan fingerprint density at radius 2 is 2.00 bits per heavy atom. The minimum atomic E-state index is 0.631. The van der Waals surface area contributed by atoms with Gasteiger partial charge in [-0.2, -0.15) is 0 Å². The second-order valence-corrected chi connectivity index (χ2v) is 4.78. The van der Waals surface area contributed by atoms with E-state index in [2.05, 4.69) is 36.2 Å². The van der Waals surface area contributed by atoms with Crippen LogP contribution in [0.2, 0.25) is 0 Å². The van der Waals surface area contributed by atoms with Crippen LogP contribution in [-0.2, 0) is 6.54 Å². The van der Waals surface area contributed by atoms with Gasteiger partial charge in [0.1, 0.15) is 0 Å². The van der Waals surface area contributed by atoms with E-state index in [1.807, 2.05) is 0 Å². The zero-order valence-corrected chi connectivity index (χ0v) is 10.2. The van der Waals surface area contributed by atoms with Crippen molar-refractivity contribution in [2.75, 3.05) is 11.9 Å². The zero-order chi connectivity index (χ0) is 11.4. The summed E-state index contributed by atoms with van der Waals surface area (Å²) in [6, 6.07) is 9.33. The van der Waals surface area contributed by atoms with E-state index >= 15 is 0 Å². The van der Waals surface area contributed by atoms with Crippen molar-refractivity contribution in [3.8, 4) is 0 Å². The lowest BCUT2D eigenvalue weighted by Gasteiger charge is -2.33. The van der Waals surface area contributed by atoms with Gasteiger partial charge < -0.3 is 10.6 Å². The molecule has 2 nitrogen and oxygen atoms in total. The molecule has 2 heteroatoms. The van der Waals surface area contributed by atoms with Crippen LogP contribution in [0.25, 0.3) is 0 Å². The largest absolute Gasteiger partial charge is 0.372 e. The fourth-order valence-electron chi connectivity index (χ4n) is 2.58. The molecule has 88 valence electrons. The molecule has 16 heavy (non-hydrogen) atoms. The minimum Gasteiger partial charge on any atom is -0.372 e. The standard InChI is InChI=1S/C14H22N2/c1-16(13-7-3-2-4-8-13)14-9-5-6-12(10-14)11-15/h5-6,9-10,13H,2-4,7-8,11,15H2,1H3. The second kappa shape index (κ2) is 5.35. The maximum atomic E-state index is 5.68. The van der Waals surface area contributed by atoms with Crippen LogP contribution >= 0.6 is 0 Å². The first kappa shape index (κ1) is 11.5. The van der Waals surface area contributed by atoms with Crippen molar-refractivity contribution in [3.05, 3.63) is 29.8 Å². The summed E-state index contributed by atoms with van der Waals surface area (Å²) >= 11 is 0. The molecule has 1 aliphatic carbocycles. The lowest BCUT2D eigenvalue weighted by atomic mass is 9.94. The fraction of sp³-hybridized carbons (Fsp3) is 0.571. The molecular weight excluding hydrogens is 196 g/mol. The van der Waals surface area contributed by atoms with E-state index in [0.717, 1.165) is 6.04 Å². The van der Waals surface area contributed by atoms with Crippen molar-refractivity contribution in [1.29, 1.82) is 0 Å². The van der Waals surface area contributed by atoms with Crippen LogP contribution in [0.5, 0.6) is 0 Å². The summed E-state index contributed by atoms with van der Waals surface area (Å²) in [6.45, 7) is 0.631. The highest BCUT2D eigenvalue weighted by Crippen LogP contribution is 2.26. The van der Waals surface area contributed by atoms with E-state index in [-0.39, 0.29) is 0 Å². The van der Waals surface area contributed by atoms with E-state index in [4.69, 9.17) is 5.73 Å². The fourth-order valence-corrected chi connectivity index (χ4v) is 2.58. The van der Waals surface area contributed by atoms with Crippen LogP contribution in [0.4, 0.5) is 5.69 Å². The van der Waals surface area contributed by atoms with E-state index < -0.39 is 0 Å². The quantitative estimate of drug-likeness (QED) is 0.845. The predicted octanol–water partition coefficient (Wildman–Crippen LogP) is 2.91. The Kier molecular flexibility index (Phi) is 3.83. The van der Waals surface area contributed by atoms with Gasteiger partial charge in [0.15, 0.2) is 0 Å². The molecule has 0 radical (unpaired) electrons. The Morgan fingerprint density at radius 3 is 2.69 bits per heavy atom. The van der Waals surface area contributed by atoms with E-state index in [9.17, 15) is 0 Å². The van der Waals surface area contributed by atoms with Crippen molar-refractivity contribution < 1.29 is 0 Å². The highest BCUT2D eigenvalue weighted by atomic mass is 15.1. The van der Waals surface area contributed by atoms with Gasteiger partial charge in [0.2, 0.25) is 0 Å². The molecule has 0 heterocycles. The topological polar surface area (TPSA) is 29.3 Å². The van der Waals surface area contributed by atoms with Gasteiger partial charge in [0.05, 0.1) is 0 Å². The second-order valence-electron chi connectivity index (χ2n) is 4.78. The van der Waals surface area contributed by atoms with Gasteiger partial charge in [-0.15, -0.1) is 0 Å². The summed E-state index contributed by atoms with van der Waals surface area (Å²) in [7, 11) is 2.21. The normalized spacial score (nSPS) is 17.4. The average molecular weight is 218 g/mol. The number of hydrogen-bond acceptors (Lipinski definition) is 2. The summed E-state index contributed by atoms with van der Waals surface area (Å²) in [6.07, 6.45) is 6.84. The molecule has 0 aliphatic heterocycles. The molecule has 0 spiro atoms. The van der Waals surface area contributed by atoms with Crippen molar-refractivity contribution in [2.45, 2.75) is 44.7 Å². The summed E-state index contributed by atoms with van der Waals surface area (Å²) in [4.78, 5) is 2.43. The third kappa shape index (κ3) is 2.56. The first-order valence-corrected chi connectivity index (χ1v) is 6.33. The van der Waals surface area contributed by atoms with Crippen LogP contribution in [0.1, 0.15) is 37.7 Å². The molecule has 1 saturated carbocycles. The smallest absolute Gasteiger partial charge is 0.0369 e. The van der Waals surface area contributed by atoms with Gasteiger partial charge in [-0.25, -0.2) is 0 Å². The monoisotopic (exact) mass is 218 g/mol. The average Bonchev–Trinajstić information content (AvgIpc) is 2.39. The Morgan fingerprint density at radius 1 is 1.25 bits per heavy atom. The lowest BCUT2D eigenvalue weighted by molar-refractivity contribution is 0.427. The molecule has 0 unspecified atom stereocenters. The Labute approximate surface area is 98.4 Å². The number of benzene rings is 1. The molecule has 1 aliphatic rings. The van der Waals surface area contributed by atoms with Gasteiger partial charge in [-0.1, -0.05) is 31.4 Å². The maximum Gasteiger partial charge on any atom is 0.0369 e. The minimum absolute atomic E-state index is 0.631. The Balaban J connectivity index is 2.09. The number of nitrogens with two attached hydrogens (primary N) is 1. The SMILES string of the molecule is CN(c1cccc(CN)c1)C1CCCCC1. The van der Waals surface area contributed by atoms with Crippen LogP contribution in [-0.4, -0.2) is 13.1 Å². The van der Waals surface area contributed by atoms with Crippen molar-refractivity contribution >= 4 is 5.69 Å². The van der Waals surface area contributed by atoms with Crippen LogP contribution in [0.15, 0.2) is 24.3 Å². The molecule has 0 aromatic heterocycles. The summed E-state index contributed by atoms with van der Waals surface area (Å²) in [5.74, 6) is 0. The zero-order valence-electron chi connectivity index (χ0n) is 10.2. The third-order valence-corrected chi connectivity index (χ3v) is 3.68. The molecule has 1 aromatic carbocycles. The summed E-state index contributed by atoms with van der Waals surface area (Å²) in [5.41, 5.74) is 8.22. The van der Waals surface area contributed by atoms with E-state index in [1.54, 1.807) is 0 Å². The Hall–Kier alpha value is -1.02. The molecule has 2 N–H and O–H groups in total. The first-order chi connectivity index (χ1) is 7.81. The summed E-state index contributed by atoms with van der Waals surface area (Å²) in [5, 5.41) is 0. The molecule has 0 saturated heterocycles. The maximum absolute atomic E-state index is 5.68. The molecule has 0 atom stereocenters. The number of rotatable bonds is 3. The van der Waals surface area contributed by atoms with E-state index in [1.165, 1.54) is 43.4 Å². The van der Waals surface area contributed by atoms with Crippen molar-refractivity contribution in [2.24, 2.45) is 5.73 Å². The molecule has 2 rings (SSSR count). The number of hydrogen-bond donors (Lipinski definition) is 1. The van der Waals surface area contributed by atoms with Crippen LogP contribution < -0.4 is 10.6 Å². The van der Waals surface area contributed by atoms with Crippen LogP contribution in [0, 0.1) is 0 Å². The van der Waals surface area contributed by atoms with Crippen molar-refractivity contribution in [1.82, 2.24) is 0 Å². The third-order valence-electron chi connectivity index (χ3n) is 3.68.